The molecule has 2 rings (SSSR count). The fourth-order valence-corrected chi connectivity index (χ4v) is 2.58. The predicted octanol–water partition coefficient (Wildman–Crippen LogP) is 4.58. The van der Waals surface area contributed by atoms with Crippen LogP contribution in [0.5, 0.6) is 11.5 Å². The molecule has 112 valence electrons. The summed E-state index contributed by atoms with van der Waals surface area (Å²) in [6.07, 6.45) is 0. The van der Waals surface area contributed by atoms with Crippen molar-refractivity contribution in [3.8, 4) is 11.5 Å². The number of ether oxygens (including phenoxy) is 1. The molecule has 0 radical (unpaired) electrons. The number of nitrogens with one attached hydrogen (secondary N) is 1. The lowest BCUT2D eigenvalue weighted by molar-refractivity contribution is 0.405. The lowest BCUT2D eigenvalue weighted by Crippen LogP contribution is -2.22. The molecule has 0 aliphatic carbocycles. The second kappa shape index (κ2) is 6.96. The second-order valence-electron chi connectivity index (χ2n) is 5.09. The van der Waals surface area contributed by atoms with Crippen molar-refractivity contribution in [3.63, 3.8) is 0 Å². The Morgan fingerprint density at radius 2 is 1.71 bits per heavy atom. The average molecular weight is 350 g/mol. The van der Waals surface area contributed by atoms with Gasteiger partial charge in [-0.3, -0.25) is 0 Å². The summed E-state index contributed by atoms with van der Waals surface area (Å²) in [4.78, 5) is 0. The third kappa shape index (κ3) is 3.99. The van der Waals surface area contributed by atoms with Gasteiger partial charge in [0.2, 0.25) is 0 Å². The molecule has 0 fully saturated rings. The van der Waals surface area contributed by atoms with Crippen LogP contribution in [0.15, 0.2) is 46.9 Å². The first kappa shape index (κ1) is 15.9. The Kier molecular flexibility index (Phi) is 5.26. The zero-order chi connectivity index (χ0) is 15.4. The van der Waals surface area contributed by atoms with Gasteiger partial charge in [0.25, 0.3) is 0 Å². The zero-order valence-electron chi connectivity index (χ0n) is 12.4. The van der Waals surface area contributed by atoms with Gasteiger partial charge in [-0.15, -0.1) is 0 Å². The first-order valence-electron chi connectivity index (χ1n) is 6.89. The minimum atomic E-state index is 0.0127. The summed E-state index contributed by atoms with van der Waals surface area (Å²) in [5.41, 5.74) is 2.03. The van der Waals surface area contributed by atoms with Gasteiger partial charge < -0.3 is 15.2 Å². The summed E-state index contributed by atoms with van der Waals surface area (Å²) in [6.45, 7) is 4.14. The van der Waals surface area contributed by atoms with Gasteiger partial charge in [0.05, 0.1) is 7.11 Å². The van der Waals surface area contributed by atoms with Crippen molar-refractivity contribution >= 4 is 15.9 Å². The molecule has 0 aliphatic heterocycles. The van der Waals surface area contributed by atoms with E-state index in [9.17, 15) is 5.11 Å². The van der Waals surface area contributed by atoms with Crippen molar-refractivity contribution in [2.45, 2.75) is 25.9 Å². The highest BCUT2D eigenvalue weighted by Crippen LogP contribution is 2.30. The van der Waals surface area contributed by atoms with Crippen molar-refractivity contribution < 1.29 is 9.84 Å². The Morgan fingerprint density at radius 1 is 1.05 bits per heavy atom. The SMILES string of the molecule is COc1ccc(O)c(C(C)N[C@H](C)c2ccc(Br)cc2)c1. The number of benzene rings is 2. The van der Waals surface area contributed by atoms with Crippen LogP contribution in [0.2, 0.25) is 0 Å². The van der Waals surface area contributed by atoms with Gasteiger partial charge in [-0.05, 0) is 49.7 Å². The third-order valence-electron chi connectivity index (χ3n) is 3.57. The summed E-state index contributed by atoms with van der Waals surface area (Å²) < 4.78 is 6.29. The Hall–Kier alpha value is -1.52. The molecule has 1 unspecified atom stereocenters. The van der Waals surface area contributed by atoms with E-state index in [0.717, 1.165) is 15.8 Å². The highest BCUT2D eigenvalue weighted by Gasteiger charge is 2.15. The van der Waals surface area contributed by atoms with Crippen LogP contribution in [0.3, 0.4) is 0 Å². The number of methoxy groups -OCH3 is 1. The van der Waals surface area contributed by atoms with Crippen molar-refractivity contribution in [2.24, 2.45) is 0 Å². The highest BCUT2D eigenvalue weighted by molar-refractivity contribution is 9.10. The van der Waals surface area contributed by atoms with Gasteiger partial charge in [0, 0.05) is 22.1 Å². The molecular formula is C17H20BrNO2. The lowest BCUT2D eigenvalue weighted by Gasteiger charge is -2.22. The molecule has 0 spiro atoms. The summed E-state index contributed by atoms with van der Waals surface area (Å²) in [6, 6.07) is 13.7. The second-order valence-corrected chi connectivity index (χ2v) is 6.00. The third-order valence-corrected chi connectivity index (χ3v) is 4.10. The molecule has 0 bridgehead atoms. The number of phenols is 1. The molecule has 4 heteroatoms. The van der Waals surface area contributed by atoms with Gasteiger partial charge >= 0.3 is 0 Å². The molecular weight excluding hydrogens is 330 g/mol. The molecule has 21 heavy (non-hydrogen) atoms. The van der Waals surface area contributed by atoms with Crippen molar-refractivity contribution in [2.75, 3.05) is 7.11 Å². The molecule has 2 aromatic rings. The van der Waals surface area contributed by atoms with Gasteiger partial charge in [-0.1, -0.05) is 28.1 Å². The molecule has 2 N–H and O–H groups in total. The smallest absolute Gasteiger partial charge is 0.120 e. The van der Waals surface area contributed by atoms with Crippen LogP contribution in [0.1, 0.15) is 37.1 Å². The van der Waals surface area contributed by atoms with Crippen molar-refractivity contribution in [1.29, 1.82) is 0 Å². The number of hydrogen-bond acceptors (Lipinski definition) is 3. The summed E-state index contributed by atoms with van der Waals surface area (Å²) in [5, 5.41) is 13.5. The van der Waals surface area contributed by atoms with Crippen molar-refractivity contribution in [1.82, 2.24) is 5.32 Å². The van der Waals surface area contributed by atoms with Crippen LogP contribution in [0.25, 0.3) is 0 Å². The van der Waals surface area contributed by atoms with E-state index in [-0.39, 0.29) is 17.8 Å². The minimum absolute atomic E-state index is 0.0127. The van der Waals surface area contributed by atoms with E-state index in [2.05, 4.69) is 40.3 Å². The maximum absolute atomic E-state index is 10.0. The van der Waals surface area contributed by atoms with E-state index in [1.807, 2.05) is 25.1 Å². The topological polar surface area (TPSA) is 41.5 Å². The maximum atomic E-state index is 10.0. The van der Waals surface area contributed by atoms with Gasteiger partial charge in [0.15, 0.2) is 0 Å². The highest BCUT2D eigenvalue weighted by atomic mass is 79.9. The number of hydrogen-bond donors (Lipinski definition) is 2. The molecule has 2 atom stereocenters. The van der Waals surface area contributed by atoms with Crippen LogP contribution in [-0.4, -0.2) is 12.2 Å². The zero-order valence-corrected chi connectivity index (χ0v) is 14.0. The Labute approximate surface area is 134 Å². The molecule has 2 aromatic carbocycles. The van der Waals surface area contributed by atoms with Crippen LogP contribution < -0.4 is 10.1 Å². The molecule has 0 amide bonds. The molecule has 0 saturated carbocycles. The Morgan fingerprint density at radius 3 is 2.33 bits per heavy atom. The number of rotatable bonds is 5. The quantitative estimate of drug-likeness (QED) is 0.830. The monoisotopic (exact) mass is 349 g/mol. The lowest BCUT2D eigenvalue weighted by atomic mass is 10.0. The van der Waals surface area contributed by atoms with Crippen LogP contribution in [0.4, 0.5) is 0 Å². The summed E-state index contributed by atoms with van der Waals surface area (Å²) in [5.74, 6) is 1.02. The van der Waals surface area contributed by atoms with E-state index < -0.39 is 0 Å². The number of halogens is 1. The number of phenolic OH excluding ortho intramolecular Hbond substituents is 1. The van der Waals surface area contributed by atoms with Crippen molar-refractivity contribution in [3.05, 3.63) is 58.1 Å². The Bertz CT molecular complexity index is 598. The molecule has 3 nitrogen and oxygen atoms in total. The van der Waals surface area contributed by atoms with Crippen LogP contribution >= 0.6 is 15.9 Å². The molecule has 0 saturated heterocycles. The van der Waals surface area contributed by atoms with E-state index in [0.29, 0.717) is 0 Å². The predicted molar refractivity (Wildman–Crippen MR) is 88.8 cm³/mol. The molecule has 0 aromatic heterocycles. The number of aromatic hydroxyl groups is 1. The Balaban J connectivity index is 2.13. The first-order chi connectivity index (χ1) is 10.0. The van der Waals surface area contributed by atoms with Crippen LogP contribution in [0, 0.1) is 0 Å². The van der Waals surface area contributed by atoms with Gasteiger partial charge in [-0.2, -0.15) is 0 Å². The van der Waals surface area contributed by atoms with E-state index >= 15 is 0 Å². The van der Waals surface area contributed by atoms with Gasteiger partial charge in [0.1, 0.15) is 11.5 Å². The standard InChI is InChI=1S/C17H20BrNO2/c1-11(13-4-6-14(18)7-5-13)19-12(2)16-10-15(21-3)8-9-17(16)20/h4-12,19-20H,1-3H3/t11-,12?/m1/s1. The van der Waals surface area contributed by atoms with Crippen LogP contribution in [-0.2, 0) is 0 Å². The fraction of sp³-hybridized carbons (Fsp3) is 0.294. The first-order valence-corrected chi connectivity index (χ1v) is 7.69. The largest absolute Gasteiger partial charge is 0.508 e. The maximum Gasteiger partial charge on any atom is 0.120 e. The van der Waals surface area contributed by atoms with E-state index in [1.165, 1.54) is 5.56 Å². The van der Waals surface area contributed by atoms with E-state index in [1.54, 1.807) is 19.2 Å². The summed E-state index contributed by atoms with van der Waals surface area (Å²) >= 11 is 3.44. The average Bonchev–Trinajstić information content (AvgIpc) is 2.48. The molecule has 0 aliphatic rings. The minimum Gasteiger partial charge on any atom is -0.508 e. The molecule has 0 heterocycles. The normalized spacial score (nSPS) is 13.7. The van der Waals surface area contributed by atoms with E-state index in [4.69, 9.17) is 4.74 Å². The van der Waals surface area contributed by atoms with Gasteiger partial charge in [-0.25, -0.2) is 0 Å². The summed E-state index contributed by atoms with van der Waals surface area (Å²) in [7, 11) is 1.62. The fourth-order valence-electron chi connectivity index (χ4n) is 2.32.